The summed E-state index contributed by atoms with van der Waals surface area (Å²) in [6, 6.07) is 50.6. The first-order valence-electron chi connectivity index (χ1n) is 24.2. The van der Waals surface area contributed by atoms with Crippen LogP contribution in [-0.2, 0) is 58.2 Å². The number of nitrogens with zero attached hydrogens (tertiary/aromatic N) is 6. The maximum absolute atomic E-state index is 12.4. The normalized spacial score (nSPS) is 10.6. The molecule has 0 fully saturated rings. The van der Waals surface area contributed by atoms with Crippen molar-refractivity contribution in [3.05, 3.63) is 233 Å². The first-order valence-corrected chi connectivity index (χ1v) is 29.5. The molecule has 85 heavy (non-hydrogen) atoms. The van der Waals surface area contributed by atoms with Crippen molar-refractivity contribution in [3.63, 3.8) is 0 Å². The third kappa shape index (κ3) is 20.7. The van der Waals surface area contributed by atoms with Gasteiger partial charge in [0.1, 0.15) is 0 Å². The van der Waals surface area contributed by atoms with Gasteiger partial charge in [-0.3, -0.25) is 0 Å². The fourth-order valence-electron chi connectivity index (χ4n) is 7.46. The van der Waals surface area contributed by atoms with Crippen LogP contribution in [0, 0.1) is 20.8 Å². The van der Waals surface area contributed by atoms with Gasteiger partial charge in [-0.2, -0.15) is 15.3 Å². The minimum absolute atomic E-state index is 0. The van der Waals surface area contributed by atoms with Crippen LogP contribution in [0.1, 0.15) is 65.2 Å². The Morgan fingerprint density at radius 2 is 0.812 bits per heavy atom. The van der Waals surface area contributed by atoms with Crippen molar-refractivity contribution in [2.75, 3.05) is 14.2 Å². The Bertz CT molecular complexity index is 3990. The number of aryl methyl sites for hydroxylation is 3. The molecule has 9 aromatic rings. The molecule has 3 heterocycles. The van der Waals surface area contributed by atoms with E-state index < -0.39 is 47.0 Å². The number of carboxylic acid groups (broad SMARTS) is 1. The van der Waals surface area contributed by atoms with E-state index in [9.17, 15) is 44.7 Å². The molecule has 0 atom stereocenters. The predicted octanol–water partition coefficient (Wildman–Crippen LogP) is 4.27. The van der Waals surface area contributed by atoms with Crippen molar-refractivity contribution in [2.24, 2.45) is 5.73 Å². The molecule has 6 aromatic carbocycles. The summed E-state index contributed by atoms with van der Waals surface area (Å²) in [4.78, 5) is 35.5. The van der Waals surface area contributed by atoms with Crippen LogP contribution in [0.15, 0.2) is 197 Å². The topological polar surface area (TPSA) is 357 Å². The number of carboxylic acids is 1. The van der Waals surface area contributed by atoms with E-state index in [0.29, 0.717) is 46.3 Å². The van der Waals surface area contributed by atoms with Gasteiger partial charge in [-0.15, -0.1) is 12.4 Å². The van der Waals surface area contributed by atoms with Gasteiger partial charge in [0.05, 0.1) is 63.0 Å². The summed E-state index contributed by atoms with van der Waals surface area (Å²) in [5.41, 5.74) is 12.8. The van der Waals surface area contributed by atoms with E-state index in [1.807, 2.05) is 31.2 Å². The largest absolute Gasteiger partial charge is 1.00 e. The molecular formula is C56H60Cl2LiN9O14S3. The van der Waals surface area contributed by atoms with Crippen molar-refractivity contribution in [1.82, 2.24) is 38.8 Å². The Hall–Kier alpha value is -7.81. The van der Waals surface area contributed by atoms with Gasteiger partial charge in [0.25, 0.3) is 9.05 Å². The third-order valence-electron chi connectivity index (χ3n) is 11.3. The van der Waals surface area contributed by atoms with Crippen molar-refractivity contribution in [2.45, 2.75) is 55.1 Å². The summed E-state index contributed by atoms with van der Waals surface area (Å²) in [7, 11) is -3.06. The van der Waals surface area contributed by atoms with E-state index in [-0.39, 0.29) is 75.7 Å². The van der Waals surface area contributed by atoms with Crippen LogP contribution in [0.3, 0.4) is 0 Å². The number of ether oxygens (including phenoxy) is 2. The van der Waals surface area contributed by atoms with Crippen molar-refractivity contribution in [1.29, 1.82) is 0 Å². The standard InChI is InChI=1S/C19H19N3O4S.C18H17N3O4S.C13H15N3O2.C6H5ClO2S.ClH.Li.2H2O/c1-14-11-18(19(23)26-2)22(21-14)16-8-6-7-15(12-16)13-20-27(24,25)17-9-4-3-5-10-17;1-13-10-17(18(22)23)21(20-13)15-7-5-6-14(11-15)12-19-26(24,25)16-8-3-2-4-9-16;1-9-6-12(13(17)18-2)16(15-9)11-5-3-4-10(7-11)8-14;7-10(8,9)6-4-2-1-3-5-6;;;;/h3-12,20H,13H2,1-2H3;2-11,19H,12H2,1H3,(H,22,23);3-7H,8,14H2,1-2H3;1-5H;1H;;2*1H2/q;;;;;+1;;/p-1. The maximum atomic E-state index is 12.4. The molecular weight excluding hydrogens is 1200 g/mol. The smallest absolute Gasteiger partial charge is 0.870 e. The molecule has 8 N–H and O–H groups in total. The number of hydrogen-bond donors (Lipinski definition) is 4. The summed E-state index contributed by atoms with van der Waals surface area (Å²) in [6.45, 7) is 5.95. The number of hydrogen-bond acceptors (Lipinski definition) is 16. The fraction of sp³-hybridized carbons (Fsp3) is 0.143. The van der Waals surface area contributed by atoms with Crippen LogP contribution in [0.4, 0.5) is 0 Å². The van der Waals surface area contributed by atoms with Gasteiger partial charge in [-0.1, -0.05) is 91.0 Å². The Morgan fingerprint density at radius 1 is 0.506 bits per heavy atom. The van der Waals surface area contributed by atoms with Crippen molar-refractivity contribution >= 4 is 70.1 Å². The summed E-state index contributed by atoms with van der Waals surface area (Å²) in [5, 5.41) is 22.1. The molecule has 0 amide bonds. The zero-order valence-electron chi connectivity index (χ0n) is 46.6. The molecule has 0 radical (unpaired) electrons. The number of halogens is 2. The number of nitrogens with two attached hydrogens (primary N) is 1. The number of esters is 2. The molecule has 0 aliphatic carbocycles. The zero-order chi connectivity index (χ0) is 58.9. The molecule has 9 rings (SSSR count). The number of aromatic nitrogens is 6. The Balaban J connectivity index is 0.000000399. The first kappa shape index (κ1) is 73.3. The minimum Gasteiger partial charge on any atom is -0.870 e. The van der Waals surface area contributed by atoms with Crippen LogP contribution < -0.4 is 34.0 Å². The zero-order valence-corrected chi connectivity index (χ0v) is 50.6. The second-order valence-electron chi connectivity index (χ2n) is 17.3. The summed E-state index contributed by atoms with van der Waals surface area (Å²) in [5.74, 6) is -1.99. The SMILES string of the molecule is COC(=O)c1cc(C)nn1-c1cccc(CN)c1.COC(=O)c1cc(C)nn1-c1cccc(CNS(=O)(=O)c2ccccc2)c1.Cc1cc(C(=O)O)n(-c2cccc(CNS(=O)(=O)c3ccccc3)c2)n1.Cl.O.O=S(=O)(Cl)c1ccccc1.[Li+].[OH-]. The number of aromatic carboxylic acids is 1. The van der Waals surface area contributed by atoms with E-state index in [4.69, 9.17) is 25.9 Å². The van der Waals surface area contributed by atoms with Gasteiger partial charge in [0.2, 0.25) is 20.0 Å². The molecule has 0 bridgehead atoms. The van der Waals surface area contributed by atoms with Gasteiger partial charge in [-0.25, -0.2) is 63.1 Å². The number of rotatable bonds is 16. The van der Waals surface area contributed by atoms with Crippen LogP contribution >= 0.6 is 23.1 Å². The van der Waals surface area contributed by atoms with Gasteiger partial charge < -0.3 is 31.3 Å². The van der Waals surface area contributed by atoms with E-state index >= 15 is 0 Å². The number of methoxy groups -OCH3 is 2. The second-order valence-corrected chi connectivity index (χ2v) is 23.4. The van der Waals surface area contributed by atoms with Crippen molar-refractivity contribution < 1.29 is 84.0 Å². The number of carbonyl (C=O) groups excluding carboxylic acids is 2. The van der Waals surface area contributed by atoms with Crippen LogP contribution in [0.5, 0.6) is 0 Å². The number of sulfonamides is 2. The number of nitrogens with one attached hydrogen (secondary N) is 2. The first-order chi connectivity index (χ1) is 38.5. The minimum atomic E-state index is -3.62. The number of carbonyl (C=O) groups is 3. The summed E-state index contributed by atoms with van der Waals surface area (Å²) >= 11 is 0. The average molecular weight is 1260 g/mol. The monoisotopic (exact) mass is 1260 g/mol. The molecule has 446 valence electrons. The van der Waals surface area contributed by atoms with Gasteiger partial charge >= 0.3 is 36.8 Å². The Morgan fingerprint density at radius 3 is 1.12 bits per heavy atom. The third-order valence-corrected chi connectivity index (χ3v) is 15.5. The molecule has 0 saturated carbocycles. The van der Waals surface area contributed by atoms with Crippen LogP contribution in [0.2, 0.25) is 0 Å². The molecule has 3 aromatic heterocycles. The van der Waals surface area contributed by atoms with Gasteiger partial charge in [-0.05, 0) is 128 Å². The predicted molar refractivity (Wildman–Crippen MR) is 316 cm³/mol. The Labute approximate surface area is 514 Å². The van der Waals surface area contributed by atoms with E-state index in [2.05, 4.69) is 24.7 Å². The van der Waals surface area contributed by atoms with Crippen LogP contribution in [-0.4, -0.2) is 103 Å². The molecule has 0 saturated heterocycles. The molecule has 0 aliphatic heterocycles. The van der Waals surface area contributed by atoms with E-state index in [0.717, 1.165) is 22.5 Å². The molecule has 29 heteroatoms. The van der Waals surface area contributed by atoms with E-state index in [1.165, 1.54) is 66.0 Å². The second kappa shape index (κ2) is 33.6. The average Bonchev–Trinajstić information content (AvgIpc) is 4.43. The quantitative estimate of drug-likeness (QED) is 0.0596. The van der Waals surface area contributed by atoms with Crippen LogP contribution in [0.25, 0.3) is 17.1 Å². The summed E-state index contributed by atoms with van der Waals surface area (Å²) < 4.78 is 89.5. The fourth-order valence-corrected chi connectivity index (χ4v) is 10.3. The number of benzene rings is 6. The van der Waals surface area contributed by atoms with E-state index in [1.54, 1.807) is 134 Å². The summed E-state index contributed by atoms with van der Waals surface area (Å²) in [6.07, 6.45) is 0. The van der Waals surface area contributed by atoms with Crippen molar-refractivity contribution in [3.8, 4) is 17.1 Å². The van der Waals surface area contributed by atoms with Gasteiger partial charge in [0.15, 0.2) is 17.1 Å². The molecule has 0 unspecified atom stereocenters. The molecule has 0 spiro atoms. The van der Waals surface area contributed by atoms with Gasteiger partial charge in [0, 0.05) is 30.3 Å². The molecule has 23 nitrogen and oxygen atoms in total. The Kier molecular flexibility index (Phi) is 29.0. The molecule has 0 aliphatic rings. The maximum Gasteiger partial charge on any atom is 1.00 e.